The number of carbonyl (C=O) groups excluding carboxylic acids is 1. The first kappa shape index (κ1) is 16.3. The summed E-state index contributed by atoms with van der Waals surface area (Å²) in [5.74, 6) is -0.435. The summed E-state index contributed by atoms with van der Waals surface area (Å²) in [5.41, 5.74) is -2.83. The van der Waals surface area contributed by atoms with E-state index in [4.69, 9.17) is 5.26 Å². The number of rotatable bonds is 2. The minimum Gasteiger partial charge on any atom is -0.387 e. The van der Waals surface area contributed by atoms with Gasteiger partial charge in [-0.2, -0.15) is 18.4 Å². The van der Waals surface area contributed by atoms with Gasteiger partial charge in [0.2, 0.25) is 5.91 Å². The minimum atomic E-state index is -4.69. The topological polar surface area (TPSA) is 64.3 Å². The van der Waals surface area contributed by atoms with Gasteiger partial charge in [-0.15, -0.1) is 0 Å². The van der Waals surface area contributed by atoms with Gasteiger partial charge in [-0.25, -0.2) is 0 Å². The molecule has 2 rings (SSSR count). The summed E-state index contributed by atoms with van der Waals surface area (Å²) < 4.78 is 39.1. The van der Waals surface area contributed by atoms with Crippen molar-refractivity contribution in [3.8, 4) is 6.07 Å². The van der Waals surface area contributed by atoms with Crippen LogP contribution in [0.1, 0.15) is 37.8 Å². The quantitative estimate of drug-likeness (QED) is 0.913. The predicted molar refractivity (Wildman–Crippen MR) is 73.0 cm³/mol. The second-order valence-electron chi connectivity index (χ2n) is 5.56. The van der Waals surface area contributed by atoms with Gasteiger partial charge in [0.15, 0.2) is 0 Å². The molecule has 0 spiro atoms. The summed E-state index contributed by atoms with van der Waals surface area (Å²) in [6.45, 7) is 3.24. The standard InChI is InChI=1S/C15H15F3N2O2/c1-3-12-14(2,22)7-13(21)20(12)10-5-4-9(8-19)11(6-10)15(16,17)18/h4-6,12,22H,3,7H2,1-2H3. The lowest BCUT2D eigenvalue weighted by Gasteiger charge is -2.30. The fourth-order valence-electron chi connectivity index (χ4n) is 2.92. The maximum atomic E-state index is 13.0. The van der Waals surface area contributed by atoms with Crippen LogP contribution in [0.15, 0.2) is 18.2 Å². The van der Waals surface area contributed by atoms with Gasteiger partial charge in [0.25, 0.3) is 0 Å². The molecule has 1 aliphatic heterocycles. The Morgan fingerprint density at radius 1 is 1.50 bits per heavy atom. The molecule has 118 valence electrons. The van der Waals surface area contributed by atoms with Crippen molar-refractivity contribution in [1.29, 1.82) is 5.26 Å². The van der Waals surface area contributed by atoms with Crippen LogP contribution in [0, 0.1) is 11.3 Å². The molecule has 1 amide bonds. The molecule has 2 atom stereocenters. The van der Waals surface area contributed by atoms with Gasteiger partial charge < -0.3 is 10.0 Å². The summed E-state index contributed by atoms with van der Waals surface area (Å²) in [4.78, 5) is 13.3. The van der Waals surface area contributed by atoms with Crippen molar-refractivity contribution in [2.24, 2.45) is 0 Å². The van der Waals surface area contributed by atoms with E-state index in [0.717, 1.165) is 12.1 Å². The van der Waals surface area contributed by atoms with Crippen LogP contribution in [0.4, 0.5) is 18.9 Å². The van der Waals surface area contributed by atoms with Crippen LogP contribution in [-0.2, 0) is 11.0 Å². The lowest BCUT2D eigenvalue weighted by atomic mass is 9.95. The van der Waals surface area contributed by atoms with E-state index in [2.05, 4.69) is 0 Å². The fourth-order valence-corrected chi connectivity index (χ4v) is 2.92. The van der Waals surface area contributed by atoms with Crippen LogP contribution in [0.3, 0.4) is 0 Å². The Balaban J connectivity index is 2.54. The van der Waals surface area contributed by atoms with E-state index in [-0.39, 0.29) is 12.1 Å². The van der Waals surface area contributed by atoms with Crippen molar-refractivity contribution < 1.29 is 23.1 Å². The average Bonchev–Trinajstić information content (AvgIpc) is 2.65. The van der Waals surface area contributed by atoms with Crippen LogP contribution in [0.2, 0.25) is 0 Å². The van der Waals surface area contributed by atoms with Gasteiger partial charge in [0.05, 0.1) is 35.3 Å². The Morgan fingerprint density at radius 3 is 2.64 bits per heavy atom. The lowest BCUT2D eigenvalue weighted by Crippen LogP contribution is -2.42. The number of nitriles is 1. The molecule has 1 fully saturated rings. The predicted octanol–water partition coefficient (Wildman–Crippen LogP) is 2.84. The Labute approximate surface area is 125 Å². The number of alkyl halides is 3. The highest BCUT2D eigenvalue weighted by atomic mass is 19.4. The largest absolute Gasteiger partial charge is 0.417 e. The highest BCUT2D eigenvalue weighted by Crippen LogP contribution is 2.39. The summed E-state index contributed by atoms with van der Waals surface area (Å²) in [5, 5.41) is 19.0. The SMILES string of the molecule is CCC1N(c2ccc(C#N)c(C(F)(F)F)c2)C(=O)CC1(C)O. The first-order chi connectivity index (χ1) is 10.1. The van der Waals surface area contributed by atoms with Gasteiger partial charge in [0.1, 0.15) is 0 Å². The molecule has 2 unspecified atom stereocenters. The van der Waals surface area contributed by atoms with Crippen molar-refractivity contribution in [2.45, 2.75) is 44.5 Å². The number of hydrogen-bond donors (Lipinski definition) is 1. The Kier molecular flexibility index (Phi) is 3.92. The van der Waals surface area contributed by atoms with Crippen LogP contribution < -0.4 is 4.90 Å². The van der Waals surface area contributed by atoms with Crippen molar-refractivity contribution >= 4 is 11.6 Å². The molecule has 1 aromatic carbocycles. The van der Waals surface area contributed by atoms with Crippen molar-refractivity contribution in [2.75, 3.05) is 4.90 Å². The van der Waals surface area contributed by atoms with E-state index in [1.165, 1.54) is 24.0 Å². The van der Waals surface area contributed by atoms with E-state index in [9.17, 15) is 23.1 Å². The number of aliphatic hydroxyl groups is 1. The maximum absolute atomic E-state index is 13.0. The van der Waals surface area contributed by atoms with E-state index < -0.39 is 34.9 Å². The summed E-state index contributed by atoms with van der Waals surface area (Å²) >= 11 is 0. The first-order valence-corrected chi connectivity index (χ1v) is 6.77. The van der Waals surface area contributed by atoms with Gasteiger partial charge in [0, 0.05) is 5.69 Å². The zero-order chi connectivity index (χ0) is 16.7. The van der Waals surface area contributed by atoms with E-state index >= 15 is 0 Å². The molecule has 0 aromatic heterocycles. The van der Waals surface area contributed by atoms with Gasteiger partial charge in [-0.1, -0.05) is 6.92 Å². The summed E-state index contributed by atoms with van der Waals surface area (Å²) in [6.07, 6.45) is -4.43. The Morgan fingerprint density at radius 2 is 2.14 bits per heavy atom. The number of benzene rings is 1. The second-order valence-corrected chi connectivity index (χ2v) is 5.56. The normalized spacial score (nSPS) is 25.4. The van der Waals surface area contributed by atoms with Crippen molar-refractivity contribution in [3.63, 3.8) is 0 Å². The van der Waals surface area contributed by atoms with Crippen LogP contribution >= 0.6 is 0 Å². The minimum absolute atomic E-state index is 0.0425. The van der Waals surface area contributed by atoms with Crippen molar-refractivity contribution in [3.05, 3.63) is 29.3 Å². The highest BCUT2D eigenvalue weighted by molar-refractivity contribution is 5.97. The maximum Gasteiger partial charge on any atom is 0.417 e. The van der Waals surface area contributed by atoms with Crippen molar-refractivity contribution in [1.82, 2.24) is 0 Å². The number of anilines is 1. The molecule has 4 nitrogen and oxygen atoms in total. The molecule has 1 aliphatic rings. The molecule has 1 saturated heterocycles. The zero-order valence-corrected chi connectivity index (χ0v) is 12.1. The number of amides is 1. The van der Waals surface area contributed by atoms with Gasteiger partial charge in [-0.3, -0.25) is 4.79 Å². The zero-order valence-electron chi connectivity index (χ0n) is 12.1. The van der Waals surface area contributed by atoms with Crippen LogP contribution in [0.5, 0.6) is 0 Å². The van der Waals surface area contributed by atoms with Gasteiger partial charge in [-0.05, 0) is 31.5 Å². The molecule has 1 heterocycles. The number of carbonyl (C=O) groups is 1. The monoisotopic (exact) mass is 312 g/mol. The average molecular weight is 312 g/mol. The van der Waals surface area contributed by atoms with E-state index in [1.807, 2.05) is 0 Å². The van der Waals surface area contributed by atoms with E-state index in [1.54, 1.807) is 6.92 Å². The second kappa shape index (κ2) is 5.29. The lowest BCUT2D eigenvalue weighted by molar-refractivity contribution is -0.137. The molecule has 0 aliphatic carbocycles. The number of nitrogens with zero attached hydrogens (tertiary/aromatic N) is 2. The molecule has 1 N–H and O–H groups in total. The Hall–Kier alpha value is -2.07. The third kappa shape index (κ3) is 2.66. The van der Waals surface area contributed by atoms with E-state index in [0.29, 0.717) is 6.42 Å². The molecular weight excluding hydrogens is 297 g/mol. The molecule has 1 aromatic rings. The number of hydrogen-bond acceptors (Lipinski definition) is 3. The van der Waals surface area contributed by atoms with Crippen LogP contribution in [0.25, 0.3) is 0 Å². The smallest absolute Gasteiger partial charge is 0.387 e. The molecule has 22 heavy (non-hydrogen) atoms. The van der Waals surface area contributed by atoms with Gasteiger partial charge >= 0.3 is 6.18 Å². The third-order valence-corrected chi connectivity index (χ3v) is 3.90. The first-order valence-electron chi connectivity index (χ1n) is 6.77. The summed E-state index contributed by atoms with van der Waals surface area (Å²) in [6, 6.07) is 4.04. The highest BCUT2D eigenvalue weighted by Gasteiger charge is 2.47. The summed E-state index contributed by atoms with van der Waals surface area (Å²) in [7, 11) is 0. The molecule has 0 bridgehead atoms. The fraction of sp³-hybridized carbons (Fsp3) is 0.467. The molecule has 0 radical (unpaired) electrons. The molecular formula is C15H15F3N2O2. The Bertz CT molecular complexity index is 647. The molecule has 7 heteroatoms. The van der Waals surface area contributed by atoms with Crippen LogP contribution in [-0.4, -0.2) is 22.7 Å². The number of halogens is 3. The molecule has 0 saturated carbocycles. The third-order valence-electron chi connectivity index (χ3n) is 3.90.